The van der Waals surface area contributed by atoms with Crippen LogP contribution in [0.15, 0.2) is 87.6 Å². The fourth-order valence-electron chi connectivity index (χ4n) is 2.82. The molecule has 140 valence electrons. The topological polar surface area (TPSA) is 45.8 Å². The first-order chi connectivity index (χ1) is 13.4. The average molecular weight is 398 g/mol. The van der Waals surface area contributed by atoms with Crippen LogP contribution in [-0.2, 0) is 6.18 Å². The molecule has 0 amide bonds. The second-order valence-corrected chi connectivity index (χ2v) is 7.19. The van der Waals surface area contributed by atoms with Crippen molar-refractivity contribution in [1.29, 1.82) is 0 Å². The normalized spacial score (nSPS) is 11.7. The van der Waals surface area contributed by atoms with Crippen LogP contribution >= 0.6 is 11.8 Å². The standard InChI is InChI=1S/C21H13F3N2OS/c22-21(23,24)13-5-7-14(8-6-13)28-20-4-2-1-3-15(20)17-11-18-16(12-26-17)19(27)9-10-25-18/h1-12H,(H,25,27). The highest BCUT2D eigenvalue weighted by molar-refractivity contribution is 7.99. The lowest BCUT2D eigenvalue weighted by Crippen LogP contribution is -2.03. The van der Waals surface area contributed by atoms with E-state index in [-0.39, 0.29) is 5.43 Å². The van der Waals surface area contributed by atoms with Gasteiger partial charge in [0.25, 0.3) is 0 Å². The van der Waals surface area contributed by atoms with Gasteiger partial charge in [0, 0.05) is 33.8 Å². The van der Waals surface area contributed by atoms with Crippen molar-refractivity contribution in [3.8, 4) is 11.3 Å². The average Bonchev–Trinajstić information content (AvgIpc) is 2.68. The van der Waals surface area contributed by atoms with Crippen LogP contribution in [0, 0.1) is 0 Å². The monoisotopic (exact) mass is 398 g/mol. The van der Waals surface area contributed by atoms with E-state index in [9.17, 15) is 18.0 Å². The predicted molar refractivity (Wildman–Crippen MR) is 103 cm³/mol. The Balaban J connectivity index is 1.70. The molecular formula is C21H13F3N2OS. The summed E-state index contributed by atoms with van der Waals surface area (Å²) in [6.45, 7) is 0. The van der Waals surface area contributed by atoms with Crippen molar-refractivity contribution in [2.45, 2.75) is 16.0 Å². The van der Waals surface area contributed by atoms with Crippen LogP contribution in [0.25, 0.3) is 22.2 Å². The van der Waals surface area contributed by atoms with E-state index < -0.39 is 11.7 Å². The molecule has 0 atom stereocenters. The Bertz CT molecular complexity index is 1200. The summed E-state index contributed by atoms with van der Waals surface area (Å²) in [5.41, 5.74) is 1.39. The summed E-state index contributed by atoms with van der Waals surface area (Å²) in [7, 11) is 0. The molecule has 2 heterocycles. The van der Waals surface area contributed by atoms with E-state index in [1.165, 1.54) is 36.2 Å². The smallest absolute Gasteiger partial charge is 0.361 e. The number of rotatable bonds is 3. The van der Waals surface area contributed by atoms with Crippen LogP contribution in [0.5, 0.6) is 0 Å². The zero-order chi connectivity index (χ0) is 19.7. The highest BCUT2D eigenvalue weighted by Gasteiger charge is 2.30. The van der Waals surface area contributed by atoms with Crippen LogP contribution in [0.4, 0.5) is 13.2 Å². The number of alkyl halides is 3. The molecule has 2 aromatic carbocycles. The van der Waals surface area contributed by atoms with Crippen molar-refractivity contribution in [2.24, 2.45) is 0 Å². The van der Waals surface area contributed by atoms with Crippen LogP contribution in [-0.4, -0.2) is 9.97 Å². The van der Waals surface area contributed by atoms with Crippen LogP contribution in [0.2, 0.25) is 0 Å². The summed E-state index contributed by atoms with van der Waals surface area (Å²) in [6, 6.07) is 15.8. The summed E-state index contributed by atoms with van der Waals surface area (Å²) in [5, 5.41) is 0.499. The van der Waals surface area contributed by atoms with Crippen LogP contribution in [0.1, 0.15) is 5.56 Å². The molecule has 0 bridgehead atoms. The third-order valence-corrected chi connectivity index (χ3v) is 5.30. The zero-order valence-corrected chi connectivity index (χ0v) is 15.1. The summed E-state index contributed by atoms with van der Waals surface area (Å²) in [6.07, 6.45) is -1.24. The van der Waals surface area contributed by atoms with Crippen LogP contribution in [0.3, 0.4) is 0 Å². The maximum Gasteiger partial charge on any atom is 0.416 e. The minimum atomic E-state index is -4.35. The Morgan fingerprint density at radius 3 is 2.46 bits per heavy atom. The van der Waals surface area contributed by atoms with Gasteiger partial charge in [0.15, 0.2) is 5.43 Å². The number of benzene rings is 2. The highest BCUT2D eigenvalue weighted by atomic mass is 32.2. The number of aromatic nitrogens is 2. The molecule has 4 rings (SSSR count). The lowest BCUT2D eigenvalue weighted by Gasteiger charge is -2.11. The van der Waals surface area contributed by atoms with Gasteiger partial charge in [0.1, 0.15) is 0 Å². The number of halogens is 3. The molecule has 4 aromatic rings. The second-order valence-electron chi connectivity index (χ2n) is 6.08. The van der Waals surface area contributed by atoms with Gasteiger partial charge in [-0.1, -0.05) is 30.0 Å². The van der Waals surface area contributed by atoms with E-state index in [2.05, 4.69) is 9.97 Å². The molecule has 28 heavy (non-hydrogen) atoms. The second kappa shape index (κ2) is 7.16. The molecule has 0 fully saturated rings. The SMILES string of the molecule is O=c1cc[nH]c2cc(-c3ccccc3Sc3ccc(C(F)(F)F)cc3)ncc12. The van der Waals surface area contributed by atoms with E-state index in [1.807, 2.05) is 24.3 Å². The molecule has 1 N–H and O–H groups in total. The number of nitrogens with zero attached hydrogens (tertiary/aromatic N) is 1. The van der Waals surface area contributed by atoms with Gasteiger partial charge in [-0.3, -0.25) is 9.78 Å². The number of hydrogen-bond donors (Lipinski definition) is 1. The van der Waals surface area contributed by atoms with E-state index in [0.717, 1.165) is 22.6 Å². The largest absolute Gasteiger partial charge is 0.416 e. The van der Waals surface area contributed by atoms with Crippen molar-refractivity contribution >= 4 is 22.7 Å². The first-order valence-corrected chi connectivity index (χ1v) is 9.15. The van der Waals surface area contributed by atoms with Gasteiger partial charge in [0.05, 0.1) is 22.2 Å². The molecule has 0 aliphatic carbocycles. The van der Waals surface area contributed by atoms with Gasteiger partial charge in [-0.05, 0) is 36.4 Å². The summed E-state index contributed by atoms with van der Waals surface area (Å²) in [5.74, 6) is 0. The molecule has 0 radical (unpaired) electrons. The quantitative estimate of drug-likeness (QED) is 0.477. The number of pyridine rings is 2. The van der Waals surface area contributed by atoms with Crippen LogP contribution < -0.4 is 5.43 Å². The Morgan fingerprint density at radius 2 is 1.71 bits per heavy atom. The minimum absolute atomic E-state index is 0.111. The molecular weight excluding hydrogens is 385 g/mol. The van der Waals surface area contributed by atoms with Crippen molar-refractivity contribution in [3.63, 3.8) is 0 Å². The summed E-state index contributed by atoms with van der Waals surface area (Å²) >= 11 is 1.36. The van der Waals surface area contributed by atoms with Crippen molar-refractivity contribution in [2.75, 3.05) is 0 Å². The number of aromatic amines is 1. The van der Waals surface area contributed by atoms with Gasteiger partial charge in [-0.15, -0.1) is 0 Å². The molecule has 0 unspecified atom stereocenters. The maximum atomic E-state index is 12.7. The fraction of sp³-hybridized carbons (Fsp3) is 0.0476. The Labute approximate surface area is 162 Å². The van der Waals surface area contributed by atoms with E-state index in [1.54, 1.807) is 12.3 Å². The number of hydrogen-bond acceptors (Lipinski definition) is 3. The van der Waals surface area contributed by atoms with Gasteiger partial charge in [0.2, 0.25) is 0 Å². The third-order valence-electron chi connectivity index (χ3n) is 4.22. The predicted octanol–water partition coefficient (Wildman–Crippen LogP) is 5.76. The molecule has 0 aliphatic rings. The molecule has 0 aliphatic heterocycles. The third kappa shape index (κ3) is 3.66. The molecule has 0 saturated heterocycles. The Morgan fingerprint density at radius 1 is 0.964 bits per heavy atom. The van der Waals surface area contributed by atoms with Gasteiger partial charge < -0.3 is 4.98 Å². The van der Waals surface area contributed by atoms with Crippen molar-refractivity contribution in [3.05, 3.63) is 88.8 Å². The van der Waals surface area contributed by atoms with Gasteiger partial charge in [-0.2, -0.15) is 13.2 Å². The Kier molecular flexibility index (Phi) is 4.68. The van der Waals surface area contributed by atoms with E-state index in [0.29, 0.717) is 21.5 Å². The van der Waals surface area contributed by atoms with Gasteiger partial charge in [-0.25, -0.2) is 0 Å². The Hall–Kier alpha value is -3.06. The zero-order valence-electron chi connectivity index (χ0n) is 14.3. The summed E-state index contributed by atoms with van der Waals surface area (Å²) < 4.78 is 38.2. The fourth-order valence-corrected chi connectivity index (χ4v) is 3.78. The van der Waals surface area contributed by atoms with Crippen molar-refractivity contribution in [1.82, 2.24) is 9.97 Å². The lowest BCUT2D eigenvalue weighted by atomic mass is 10.1. The minimum Gasteiger partial charge on any atom is -0.361 e. The van der Waals surface area contributed by atoms with E-state index in [4.69, 9.17) is 0 Å². The first-order valence-electron chi connectivity index (χ1n) is 8.34. The van der Waals surface area contributed by atoms with Crippen molar-refractivity contribution < 1.29 is 13.2 Å². The molecule has 2 aromatic heterocycles. The van der Waals surface area contributed by atoms with Gasteiger partial charge >= 0.3 is 6.18 Å². The molecule has 0 spiro atoms. The lowest BCUT2D eigenvalue weighted by molar-refractivity contribution is -0.137. The molecule has 3 nitrogen and oxygen atoms in total. The number of fused-ring (bicyclic) bond motifs is 1. The maximum absolute atomic E-state index is 12.7. The number of H-pyrrole nitrogens is 1. The molecule has 7 heteroatoms. The molecule has 0 saturated carbocycles. The first kappa shape index (κ1) is 18.3. The summed E-state index contributed by atoms with van der Waals surface area (Å²) in [4.78, 5) is 20.9. The highest BCUT2D eigenvalue weighted by Crippen LogP contribution is 2.37. The van der Waals surface area contributed by atoms with E-state index >= 15 is 0 Å². The number of nitrogens with one attached hydrogen (secondary N) is 1.